The van der Waals surface area contributed by atoms with Crippen LogP contribution in [0.15, 0.2) is 29.4 Å². The zero-order valence-corrected chi connectivity index (χ0v) is 12.2. The summed E-state index contributed by atoms with van der Waals surface area (Å²) in [5, 5.41) is 6.75. The van der Waals surface area contributed by atoms with Gasteiger partial charge in [-0.25, -0.2) is 5.43 Å². The molecule has 1 atom stereocenters. The Balaban J connectivity index is 2.12. The minimum Gasteiger partial charge on any atom is -0.496 e. The van der Waals surface area contributed by atoms with E-state index in [0.717, 1.165) is 17.7 Å². The number of hydrogen-bond donors (Lipinski definition) is 2. The molecule has 2 amide bonds. The van der Waals surface area contributed by atoms with Crippen LogP contribution in [0.25, 0.3) is 0 Å². The first-order chi connectivity index (χ1) is 10.2. The van der Waals surface area contributed by atoms with Crippen LogP contribution in [0.5, 0.6) is 5.75 Å². The quantitative estimate of drug-likeness (QED) is 0.862. The zero-order chi connectivity index (χ0) is 15.2. The molecule has 6 heteroatoms. The van der Waals surface area contributed by atoms with E-state index in [1.807, 2.05) is 31.2 Å². The molecule has 0 aliphatic carbocycles. The predicted octanol–water partition coefficient (Wildman–Crippen LogP) is 1.53. The Morgan fingerprint density at radius 2 is 2.19 bits per heavy atom. The molecule has 1 aromatic rings. The maximum absolute atomic E-state index is 12.2. The summed E-state index contributed by atoms with van der Waals surface area (Å²) in [6.45, 7) is 1.99. The van der Waals surface area contributed by atoms with Crippen molar-refractivity contribution in [2.75, 3.05) is 7.11 Å². The molecule has 0 saturated carbocycles. The summed E-state index contributed by atoms with van der Waals surface area (Å²) in [6.07, 6.45) is 1.38. The molecule has 0 radical (unpaired) electrons. The van der Waals surface area contributed by atoms with Gasteiger partial charge in [-0.1, -0.05) is 25.1 Å². The van der Waals surface area contributed by atoms with Crippen molar-refractivity contribution in [3.05, 3.63) is 29.8 Å². The maximum Gasteiger partial charge on any atom is 0.267 e. The fourth-order valence-corrected chi connectivity index (χ4v) is 2.23. The number of nitrogens with one attached hydrogen (secondary N) is 2. The van der Waals surface area contributed by atoms with Gasteiger partial charge in [0.2, 0.25) is 5.91 Å². The molecule has 21 heavy (non-hydrogen) atoms. The number of nitrogens with zero attached hydrogens (tertiary/aromatic N) is 1. The monoisotopic (exact) mass is 289 g/mol. The van der Waals surface area contributed by atoms with Gasteiger partial charge in [-0.05, 0) is 12.5 Å². The Kier molecular flexibility index (Phi) is 4.92. The second-order valence-corrected chi connectivity index (χ2v) is 4.77. The maximum atomic E-state index is 12.2. The topological polar surface area (TPSA) is 79.8 Å². The number of hydrazone groups is 1. The van der Waals surface area contributed by atoms with Crippen LogP contribution in [-0.2, 0) is 9.59 Å². The van der Waals surface area contributed by atoms with Gasteiger partial charge in [0.15, 0.2) is 0 Å². The summed E-state index contributed by atoms with van der Waals surface area (Å²) < 4.78 is 5.33. The highest BCUT2D eigenvalue weighted by Crippen LogP contribution is 2.26. The first-order valence-electron chi connectivity index (χ1n) is 6.94. The Bertz CT molecular complexity index is 569. The summed E-state index contributed by atoms with van der Waals surface area (Å²) >= 11 is 0. The molecule has 2 N–H and O–H groups in total. The van der Waals surface area contributed by atoms with Crippen LogP contribution in [0.3, 0.4) is 0 Å². The number of rotatable bonds is 5. The first-order valence-corrected chi connectivity index (χ1v) is 6.94. The lowest BCUT2D eigenvalue weighted by Gasteiger charge is -2.21. The molecule has 0 bridgehead atoms. The van der Waals surface area contributed by atoms with Crippen LogP contribution in [0.4, 0.5) is 0 Å². The van der Waals surface area contributed by atoms with Gasteiger partial charge >= 0.3 is 0 Å². The third-order valence-electron chi connectivity index (χ3n) is 3.39. The molecule has 6 nitrogen and oxygen atoms in total. The number of methoxy groups -OCH3 is 1. The van der Waals surface area contributed by atoms with Crippen molar-refractivity contribution in [3.63, 3.8) is 0 Å². The largest absolute Gasteiger partial charge is 0.496 e. The van der Waals surface area contributed by atoms with Gasteiger partial charge in [0.05, 0.1) is 13.2 Å². The van der Waals surface area contributed by atoms with Gasteiger partial charge in [0, 0.05) is 18.4 Å². The van der Waals surface area contributed by atoms with Crippen molar-refractivity contribution < 1.29 is 14.3 Å². The third kappa shape index (κ3) is 3.59. The van der Waals surface area contributed by atoms with E-state index in [0.29, 0.717) is 12.1 Å². The number of carbonyl (C=O) groups excluding carboxylic acids is 2. The van der Waals surface area contributed by atoms with E-state index >= 15 is 0 Å². The average molecular weight is 289 g/mol. The van der Waals surface area contributed by atoms with Gasteiger partial charge in [-0.3, -0.25) is 9.59 Å². The number of ether oxygens (including phenoxy) is 1. The summed E-state index contributed by atoms with van der Waals surface area (Å²) in [5.74, 6) is 0.319. The molecule has 2 rings (SSSR count). The lowest BCUT2D eigenvalue weighted by Crippen LogP contribution is -2.38. The molecule has 0 spiro atoms. The fourth-order valence-electron chi connectivity index (χ4n) is 2.23. The van der Waals surface area contributed by atoms with Crippen LogP contribution in [0.2, 0.25) is 0 Å². The van der Waals surface area contributed by atoms with Crippen molar-refractivity contribution in [3.8, 4) is 5.75 Å². The lowest BCUT2D eigenvalue weighted by atomic mass is 10.0. The molecule has 1 aliphatic heterocycles. The predicted molar refractivity (Wildman–Crippen MR) is 79.0 cm³/mol. The van der Waals surface area contributed by atoms with Crippen molar-refractivity contribution >= 4 is 17.5 Å². The normalized spacial score (nSPS) is 15.7. The van der Waals surface area contributed by atoms with Crippen molar-refractivity contribution in [2.24, 2.45) is 5.10 Å². The molecule has 1 heterocycles. The summed E-state index contributed by atoms with van der Waals surface area (Å²) in [5.41, 5.74) is 3.61. The number of carbonyl (C=O) groups is 2. The highest BCUT2D eigenvalue weighted by atomic mass is 16.5. The number of benzene rings is 1. The molecule has 0 aromatic heterocycles. The summed E-state index contributed by atoms with van der Waals surface area (Å²) in [6, 6.07) is 7.43. The molecular formula is C15H19N3O3. The molecule has 112 valence electrons. The average Bonchev–Trinajstić information content (AvgIpc) is 2.53. The minimum atomic E-state index is -0.257. The van der Waals surface area contributed by atoms with Crippen LogP contribution in [-0.4, -0.2) is 24.6 Å². The van der Waals surface area contributed by atoms with Crippen LogP contribution in [0, 0.1) is 0 Å². The molecule has 1 aromatic carbocycles. The second kappa shape index (κ2) is 6.88. The van der Waals surface area contributed by atoms with Gasteiger partial charge in [-0.2, -0.15) is 5.10 Å². The highest BCUT2D eigenvalue weighted by molar-refractivity contribution is 6.39. The number of para-hydroxylation sites is 1. The third-order valence-corrected chi connectivity index (χ3v) is 3.39. The number of hydrogen-bond acceptors (Lipinski definition) is 4. The summed E-state index contributed by atoms with van der Waals surface area (Å²) in [4.78, 5) is 23.3. The van der Waals surface area contributed by atoms with Gasteiger partial charge in [0.25, 0.3) is 5.91 Å². The van der Waals surface area contributed by atoms with Gasteiger partial charge in [-0.15, -0.1) is 0 Å². The van der Waals surface area contributed by atoms with E-state index in [1.165, 1.54) is 0 Å². The van der Waals surface area contributed by atoms with Gasteiger partial charge < -0.3 is 10.1 Å². The zero-order valence-electron chi connectivity index (χ0n) is 12.2. The van der Waals surface area contributed by atoms with Crippen LogP contribution < -0.4 is 15.5 Å². The van der Waals surface area contributed by atoms with E-state index in [4.69, 9.17) is 4.74 Å². The highest BCUT2D eigenvalue weighted by Gasteiger charge is 2.22. The second-order valence-electron chi connectivity index (χ2n) is 4.77. The summed E-state index contributed by atoms with van der Waals surface area (Å²) in [7, 11) is 1.61. The number of amides is 2. The minimum absolute atomic E-state index is 0.158. The Labute approximate surface area is 123 Å². The lowest BCUT2D eigenvalue weighted by molar-refractivity contribution is -0.121. The van der Waals surface area contributed by atoms with Crippen molar-refractivity contribution in [1.29, 1.82) is 0 Å². The van der Waals surface area contributed by atoms with E-state index in [9.17, 15) is 9.59 Å². The fraction of sp³-hybridized carbons (Fsp3) is 0.400. The smallest absolute Gasteiger partial charge is 0.267 e. The van der Waals surface area contributed by atoms with E-state index in [2.05, 4.69) is 15.8 Å². The molecular weight excluding hydrogens is 270 g/mol. The van der Waals surface area contributed by atoms with E-state index in [1.54, 1.807) is 7.11 Å². The van der Waals surface area contributed by atoms with Crippen LogP contribution >= 0.6 is 0 Å². The molecule has 0 saturated heterocycles. The van der Waals surface area contributed by atoms with Crippen molar-refractivity contribution in [2.45, 2.75) is 32.2 Å². The molecule has 0 fully saturated rings. The van der Waals surface area contributed by atoms with Crippen LogP contribution in [0.1, 0.15) is 37.8 Å². The van der Waals surface area contributed by atoms with Gasteiger partial charge in [0.1, 0.15) is 11.5 Å². The molecule has 0 unspecified atom stereocenters. The molecule has 1 aliphatic rings. The first kappa shape index (κ1) is 15.0. The van der Waals surface area contributed by atoms with Crippen molar-refractivity contribution in [1.82, 2.24) is 10.7 Å². The standard InChI is InChI=1S/C15H19N3O3/c1-3-11(10-6-4-5-7-13(10)21-2)16-15(20)12-8-9-14(19)18-17-12/h4-7,11H,3,8-9H2,1-2H3,(H,16,20)(H,18,19)/t11-/m0/s1. The Morgan fingerprint density at radius 3 is 2.81 bits per heavy atom. The Hall–Kier alpha value is -2.37. The Morgan fingerprint density at radius 1 is 1.43 bits per heavy atom. The SMILES string of the molecule is CC[C@H](NC(=O)C1=NNC(=O)CC1)c1ccccc1OC. The van der Waals surface area contributed by atoms with E-state index in [-0.39, 0.29) is 24.3 Å². The van der Waals surface area contributed by atoms with E-state index < -0.39 is 0 Å².